The number of hydrogen-bond donors (Lipinski definition) is 2. The zero-order valence-electron chi connectivity index (χ0n) is 17.7. The number of nitrogens with one attached hydrogen (secondary N) is 1. The SMILES string of the molecule is Cc1cccc(-c2cccc3c2NC2CN4C(CC32)C(=O)N(c2cccc(F)c2)C4O)c1. The van der Waals surface area contributed by atoms with Crippen molar-refractivity contribution < 1.29 is 14.3 Å². The van der Waals surface area contributed by atoms with Gasteiger partial charge < -0.3 is 10.4 Å². The first kappa shape index (κ1) is 19.5. The maximum atomic E-state index is 13.8. The second kappa shape index (κ2) is 7.15. The molecule has 3 aromatic rings. The topological polar surface area (TPSA) is 55.8 Å². The highest BCUT2D eigenvalue weighted by molar-refractivity contribution is 6.00. The van der Waals surface area contributed by atoms with Crippen LogP contribution in [0.1, 0.15) is 23.5 Å². The van der Waals surface area contributed by atoms with Gasteiger partial charge in [0.25, 0.3) is 0 Å². The van der Waals surface area contributed by atoms with Crippen molar-refractivity contribution in [2.24, 2.45) is 0 Å². The zero-order chi connectivity index (χ0) is 22.0. The summed E-state index contributed by atoms with van der Waals surface area (Å²) < 4.78 is 13.8. The third-order valence-corrected chi connectivity index (χ3v) is 7.06. The molecule has 3 aromatic carbocycles. The van der Waals surface area contributed by atoms with E-state index in [0.717, 1.165) is 11.3 Å². The molecular formula is C26H24FN3O2. The number of rotatable bonds is 2. The Kier molecular flexibility index (Phi) is 4.35. The average Bonchev–Trinajstić information content (AvgIpc) is 3.27. The highest BCUT2D eigenvalue weighted by atomic mass is 19.1. The molecule has 4 unspecified atom stereocenters. The van der Waals surface area contributed by atoms with Gasteiger partial charge in [-0.1, -0.05) is 54.1 Å². The molecule has 5 nitrogen and oxygen atoms in total. The first-order valence-electron chi connectivity index (χ1n) is 11.0. The summed E-state index contributed by atoms with van der Waals surface area (Å²) in [6.07, 6.45) is -0.485. The highest BCUT2D eigenvalue weighted by Crippen LogP contribution is 2.48. The average molecular weight is 429 g/mol. The molecule has 6 rings (SSSR count). The number of hydrogen-bond acceptors (Lipinski definition) is 4. The van der Waals surface area contributed by atoms with Gasteiger partial charge in [-0.15, -0.1) is 0 Å². The normalized spacial score (nSPS) is 26.5. The Labute approximate surface area is 186 Å². The highest BCUT2D eigenvalue weighted by Gasteiger charge is 2.53. The molecule has 0 radical (unpaired) electrons. The molecule has 0 aromatic heterocycles. The summed E-state index contributed by atoms with van der Waals surface area (Å²) >= 11 is 0. The molecule has 0 spiro atoms. The van der Waals surface area contributed by atoms with Crippen LogP contribution in [0.2, 0.25) is 0 Å². The van der Waals surface area contributed by atoms with Crippen molar-refractivity contribution in [1.29, 1.82) is 0 Å². The molecule has 0 aliphatic carbocycles. The van der Waals surface area contributed by atoms with Crippen molar-refractivity contribution in [2.75, 3.05) is 16.8 Å². The second-order valence-electron chi connectivity index (χ2n) is 8.98. The third-order valence-electron chi connectivity index (χ3n) is 7.06. The maximum Gasteiger partial charge on any atom is 0.247 e. The first-order chi connectivity index (χ1) is 15.5. The molecule has 3 heterocycles. The number of benzene rings is 3. The third kappa shape index (κ3) is 2.87. The van der Waals surface area contributed by atoms with Crippen LogP contribution in [0.5, 0.6) is 0 Å². The summed E-state index contributed by atoms with van der Waals surface area (Å²) in [5.74, 6) is -0.423. The Balaban J connectivity index is 1.34. The minimum Gasteiger partial charge on any atom is -0.380 e. The fraction of sp³-hybridized carbons (Fsp3) is 0.269. The standard InChI is InChI=1S/C26H24FN3O2/c1-15-5-2-6-16(11-15)19-9-4-10-20-21-13-23-25(31)30(18-8-3-7-17(27)12-18)26(32)29(23)14-22(21)28-24(19)20/h2-12,21-23,26,28,32H,13-14H2,1H3. The fourth-order valence-corrected chi connectivity index (χ4v) is 5.60. The van der Waals surface area contributed by atoms with Gasteiger partial charge in [-0.3, -0.25) is 9.69 Å². The lowest BCUT2D eigenvalue weighted by molar-refractivity contribution is -0.120. The molecule has 3 aliphatic heterocycles. The van der Waals surface area contributed by atoms with Crippen LogP contribution < -0.4 is 10.2 Å². The molecule has 32 heavy (non-hydrogen) atoms. The number of carbonyl (C=O) groups is 1. The number of carbonyl (C=O) groups excluding carboxylic acids is 1. The Morgan fingerprint density at radius 1 is 1.06 bits per heavy atom. The molecule has 2 saturated heterocycles. The van der Waals surface area contributed by atoms with E-state index in [1.807, 2.05) is 4.90 Å². The molecule has 162 valence electrons. The molecule has 0 saturated carbocycles. The predicted molar refractivity (Wildman–Crippen MR) is 122 cm³/mol. The molecular weight excluding hydrogens is 405 g/mol. The van der Waals surface area contributed by atoms with Crippen molar-refractivity contribution in [3.05, 3.63) is 83.7 Å². The summed E-state index contributed by atoms with van der Waals surface area (Å²) in [5.41, 5.74) is 6.27. The Morgan fingerprint density at radius 3 is 2.69 bits per heavy atom. The number of nitrogens with zero attached hydrogens (tertiary/aromatic N) is 2. The van der Waals surface area contributed by atoms with E-state index < -0.39 is 18.2 Å². The molecule has 2 fully saturated rings. The van der Waals surface area contributed by atoms with E-state index >= 15 is 0 Å². The van der Waals surface area contributed by atoms with E-state index in [-0.39, 0.29) is 17.9 Å². The Hall–Kier alpha value is -3.22. The van der Waals surface area contributed by atoms with E-state index in [4.69, 9.17) is 0 Å². The molecule has 6 heteroatoms. The van der Waals surface area contributed by atoms with Crippen LogP contribution in [0.25, 0.3) is 11.1 Å². The quantitative estimate of drug-likeness (QED) is 0.645. The lowest BCUT2D eigenvalue weighted by atomic mass is 9.84. The van der Waals surface area contributed by atoms with Crippen molar-refractivity contribution >= 4 is 17.3 Å². The summed E-state index contributed by atoms with van der Waals surface area (Å²) in [7, 11) is 0. The number of piperidine rings is 1. The zero-order valence-corrected chi connectivity index (χ0v) is 17.7. The van der Waals surface area contributed by atoms with Gasteiger partial charge in [-0.05, 0) is 42.7 Å². The van der Waals surface area contributed by atoms with Crippen LogP contribution in [0.15, 0.2) is 66.7 Å². The number of aliphatic hydroxyl groups is 1. The number of para-hydroxylation sites is 1. The van der Waals surface area contributed by atoms with Crippen LogP contribution >= 0.6 is 0 Å². The predicted octanol–water partition coefficient (Wildman–Crippen LogP) is 4.08. The van der Waals surface area contributed by atoms with Crippen LogP contribution in [0.4, 0.5) is 15.8 Å². The van der Waals surface area contributed by atoms with Crippen molar-refractivity contribution in [1.82, 2.24) is 4.90 Å². The van der Waals surface area contributed by atoms with Crippen LogP contribution in [-0.4, -0.2) is 40.9 Å². The lowest BCUT2D eigenvalue weighted by Gasteiger charge is -2.37. The molecule has 2 N–H and O–H groups in total. The Bertz CT molecular complexity index is 1230. The summed E-state index contributed by atoms with van der Waals surface area (Å²) in [6.45, 7) is 2.63. The van der Waals surface area contributed by atoms with E-state index in [1.54, 1.807) is 12.1 Å². The molecule has 0 bridgehead atoms. The number of aliphatic hydroxyl groups excluding tert-OH is 1. The number of anilines is 2. The van der Waals surface area contributed by atoms with E-state index in [1.165, 1.54) is 33.7 Å². The van der Waals surface area contributed by atoms with Crippen molar-refractivity contribution in [2.45, 2.75) is 37.7 Å². The maximum absolute atomic E-state index is 13.8. The Morgan fingerprint density at radius 2 is 1.88 bits per heavy atom. The van der Waals surface area contributed by atoms with E-state index in [2.05, 4.69) is 54.7 Å². The second-order valence-corrected chi connectivity index (χ2v) is 8.98. The minimum atomic E-state index is -1.10. The number of aryl methyl sites for hydroxylation is 1. The van der Waals surface area contributed by atoms with Gasteiger partial charge in [0, 0.05) is 29.8 Å². The van der Waals surface area contributed by atoms with E-state index in [9.17, 15) is 14.3 Å². The number of fused-ring (bicyclic) bond motifs is 4. The fourth-order valence-electron chi connectivity index (χ4n) is 5.60. The largest absolute Gasteiger partial charge is 0.380 e. The van der Waals surface area contributed by atoms with Crippen LogP contribution in [-0.2, 0) is 4.79 Å². The van der Waals surface area contributed by atoms with Crippen LogP contribution in [0, 0.1) is 12.7 Å². The van der Waals surface area contributed by atoms with Gasteiger partial charge in [0.05, 0.1) is 11.7 Å². The number of amides is 1. The smallest absolute Gasteiger partial charge is 0.247 e. The lowest BCUT2D eigenvalue weighted by Crippen LogP contribution is -2.51. The monoisotopic (exact) mass is 429 g/mol. The van der Waals surface area contributed by atoms with Gasteiger partial charge in [-0.25, -0.2) is 9.29 Å². The minimum absolute atomic E-state index is 0.0992. The van der Waals surface area contributed by atoms with Gasteiger partial charge >= 0.3 is 0 Å². The summed E-state index contributed by atoms with van der Waals surface area (Å²) in [4.78, 5) is 16.4. The summed E-state index contributed by atoms with van der Waals surface area (Å²) in [6, 6.07) is 20.3. The van der Waals surface area contributed by atoms with Gasteiger partial charge in [0.1, 0.15) is 5.82 Å². The first-order valence-corrected chi connectivity index (χ1v) is 11.0. The van der Waals surface area contributed by atoms with Gasteiger partial charge in [0.2, 0.25) is 5.91 Å². The number of halogens is 1. The van der Waals surface area contributed by atoms with Crippen LogP contribution in [0.3, 0.4) is 0 Å². The van der Waals surface area contributed by atoms with Gasteiger partial charge in [0.15, 0.2) is 6.35 Å². The van der Waals surface area contributed by atoms with Crippen molar-refractivity contribution in [3.63, 3.8) is 0 Å². The van der Waals surface area contributed by atoms with Gasteiger partial charge in [-0.2, -0.15) is 0 Å². The summed E-state index contributed by atoms with van der Waals surface area (Å²) in [5, 5.41) is 14.7. The molecule has 4 atom stereocenters. The molecule has 3 aliphatic rings. The molecule has 1 amide bonds. The van der Waals surface area contributed by atoms with Crippen molar-refractivity contribution in [3.8, 4) is 11.1 Å². The van der Waals surface area contributed by atoms with E-state index in [0.29, 0.717) is 18.7 Å².